The quantitative estimate of drug-likeness (QED) is 0.459. The average molecular weight is 377 g/mol. The summed E-state index contributed by atoms with van der Waals surface area (Å²) in [4.78, 5) is 6.95. The lowest BCUT2D eigenvalue weighted by molar-refractivity contribution is 0.150. The third kappa shape index (κ3) is 8.63. The largest absolute Gasteiger partial charge is 0.492 e. The number of nitrogens with zero attached hydrogens (tertiary/aromatic N) is 2. The standard InChI is InChI=1S/C21H36N4O2/c1-4-22-21(24-19-9-5-6-10-19)23-17-18-8-7-11-20(16-18)27-15-13-25(2)12-14-26-3/h7-8,11,16,19H,4-6,9-10,12-15,17H2,1-3H3,(H2,22,23,24). The zero-order valence-electron chi connectivity index (χ0n) is 17.2. The first-order valence-corrected chi connectivity index (χ1v) is 10.1. The maximum atomic E-state index is 5.90. The van der Waals surface area contributed by atoms with Gasteiger partial charge in [-0.05, 0) is 44.5 Å². The Hall–Kier alpha value is -1.79. The van der Waals surface area contributed by atoms with E-state index in [1.165, 1.54) is 25.7 Å². The van der Waals surface area contributed by atoms with Gasteiger partial charge in [0.2, 0.25) is 0 Å². The van der Waals surface area contributed by atoms with Crippen molar-refractivity contribution in [2.45, 2.75) is 45.2 Å². The van der Waals surface area contributed by atoms with Crippen LogP contribution in [0.1, 0.15) is 38.2 Å². The number of benzene rings is 1. The summed E-state index contributed by atoms with van der Waals surface area (Å²) in [6.45, 7) is 6.82. The number of methoxy groups -OCH3 is 1. The van der Waals surface area contributed by atoms with E-state index in [4.69, 9.17) is 14.5 Å². The van der Waals surface area contributed by atoms with Gasteiger partial charge in [0.15, 0.2) is 5.96 Å². The van der Waals surface area contributed by atoms with Crippen LogP contribution in [0.2, 0.25) is 0 Å². The van der Waals surface area contributed by atoms with Gasteiger partial charge in [-0.25, -0.2) is 4.99 Å². The van der Waals surface area contributed by atoms with E-state index >= 15 is 0 Å². The summed E-state index contributed by atoms with van der Waals surface area (Å²) in [6, 6.07) is 8.78. The molecular formula is C21H36N4O2. The fourth-order valence-electron chi connectivity index (χ4n) is 3.17. The van der Waals surface area contributed by atoms with Crippen molar-refractivity contribution in [1.29, 1.82) is 0 Å². The molecule has 0 atom stereocenters. The van der Waals surface area contributed by atoms with Gasteiger partial charge >= 0.3 is 0 Å². The molecule has 1 fully saturated rings. The molecule has 0 bridgehead atoms. The van der Waals surface area contributed by atoms with Crippen molar-refractivity contribution in [2.24, 2.45) is 4.99 Å². The smallest absolute Gasteiger partial charge is 0.191 e. The van der Waals surface area contributed by atoms with Gasteiger partial charge in [-0.2, -0.15) is 0 Å². The van der Waals surface area contributed by atoms with E-state index in [9.17, 15) is 0 Å². The van der Waals surface area contributed by atoms with Crippen molar-refractivity contribution in [3.63, 3.8) is 0 Å². The van der Waals surface area contributed by atoms with Crippen LogP contribution >= 0.6 is 0 Å². The molecule has 0 aliphatic heterocycles. The van der Waals surface area contributed by atoms with Crippen LogP contribution in [0.4, 0.5) is 0 Å². The van der Waals surface area contributed by atoms with Crippen LogP contribution in [0.15, 0.2) is 29.3 Å². The van der Waals surface area contributed by atoms with Crippen LogP contribution < -0.4 is 15.4 Å². The summed E-state index contributed by atoms with van der Waals surface area (Å²) in [5.41, 5.74) is 1.16. The van der Waals surface area contributed by atoms with Gasteiger partial charge in [-0.1, -0.05) is 25.0 Å². The van der Waals surface area contributed by atoms with Gasteiger partial charge in [0, 0.05) is 32.8 Å². The van der Waals surface area contributed by atoms with E-state index in [-0.39, 0.29) is 0 Å². The molecule has 0 aromatic heterocycles. The first-order chi connectivity index (χ1) is 13.2. The van der Waals surface area contributed by atoms with E-state index in [0.29, 0.717) is 19.2 Å². The van der Waals surface area contributed by atoms with Crippen LogP contribution in [0.3, 0.4) is 0 Å². The zero-order chi connectivity index (χ0) is 19.3. The molecule has 6 nitrogen and oxygen atoms in total. The Morgan fingerprint density at radius 1 is 1.22 bits per heavy atom. The topological polar surface area (TPSA) is 58.1 Å². The van der Waals surface area contributed by atoms with Gasteiger partial charge in [-0.15, -0.1) is 0 Å². The number of likely N-dealkylation sites (N-methyl/N-ethyl adjacent to an activating group) is 1. The molecule has 1 aromatic rings. The van der Waals surface area contributed by atoms with E-state index in [1.54, 1.807) is 7.11 Å². The van der Waals surface area contributed by atoms with Crippen LogP contribution in [0.25, 0.3) is 0 Å². The van der Waals surface area contributed by atoms with Crippen molar-refractivity contribution in [1.82, 2.24) is 15.5 Å². The van der Waals surface area contributed by atoms with Crippen molar-refractivity contribution in [3.8, 4) is 5.75 Å². The van der Waals surface area contributed by atoms with Gasteiger partial charge in [-0.3, -0.25) is 0 Å². The summed E-state index contributed by atoms with van der Waals surface area (Å²) >= 11 is 0. The molecule has 0 spiro atoms. The maximum Gasteiger partial charge on any atom is 0.191 e. The molecule has 152 valence electrons. The Kier molecular flexibility index (Phi) is 10.0. The molecule has 0 saturated heterocycles. The summed E-state index contributed by atoms with van der Waals surface area (Å²) in [6.07, 6.45) is 5.12. The summed E-state index contributed by atoms with van der Waals surface area (Å²) in [7, 11) is 3.80. The predicted octanol–water partition coefficient (Wildman–Crippen LogP) is 2.64. The van der Waals surface area contributed by atoms with E-state index in [1.807, 2.05) is 12.1 Å². The fourth-order valence-corrected chi connectivity index (χ4v) is 3.17. The van der Waals surface area contributed by atoms with Crippen LogP contribution in [0.5, 0.6) is 5.75 Å². The molecule has 1 aromatic carbocycles. The van der Waals surface area contributed by atoms with E-state index in [0.717, 1.165) is 43.5 Å². The Bertz CT molecular complexity index is 559. The first kappa shape index (κ1) is 21.5. The molecule has 27 heavy (non-hydrogen) atoms. The minimum Gasteiger partial charge on any atom is -0.492 e. The lowest BCUT2D eigenvalue weighted by Gasteiger charge is -2.17. The summed E-state index contributed by atoms with van der Waals surface area (Å²) in [5, 5.41) is 6.91. The second kappa shape index (κ2) is 12.6. The van der Waals surface area contributed by atoms with Crippen molar-refractivity contribution >= 4 is 5.96 Å². The molecule has 0 heterocycles. The highest BCUT2D eigenvalue weighted by Crippen LogP contribution is 2.18. The first-order valence-electron chi connectivity index (χ1n) is 10.1. The van der Waals surface area contributed by atoms with Crippen molar-refractivity contribution < 1.29 is 9.47 Å². The Balaban J connectivity index is 1.82. The summed E-state index contributed by atoms with van der Waals surface area (Å²) in [5.74, 6) is 1.81. The highest BCUT2D eigenvalue weighted by molar-refractivity contribution is 5.80. The zero-order valence-corrected chi connectivity index (χ0v) is 17.2. The predicted molar refractivity (Wildman–Crippen MR) is 112 cm³/mol. The van der Waals surface area contributed by atoms with E-state index in [2.05, 4.69) is 41.6 Å². The maximum absolute atomic E-state index is 5.90. The third-order valence-corrected chi connectivity index (χ3v) is 4.78. The lowest BCUT2D eigenvalue weighted by Crippen LogP contribution is -2.42. The summed E-state index contributed by atoms with van der Waals surface area (Å²) < 4.78 is 11.0. The molecule has 0 unspecified atom stereocenters. The number of hydrogen-bond donors (Lipinski definition) is 2. The number of nitrogens with one attached hydrogen (secondary N) is 2. The number of aliphatic imine (C=N–C) groups is 1. The average Bonchev–Trinajstić information content (AvgIpc) is 3.18. The third-order valence-electron chi connectivity index (χ3n) is 4.78. The Morgan fingerprint density at radius 3 is 2.74 bits per heavy atom. The number of guanidine groups is 1. The van der Waals surface area contributed by atoms with Gasteiger partial charge in [0.25, 0.3) is 0 Å². The highest BCUT2D eigenvalue weighted by atomic mass is 16.5. The molecular weight excluding hydrogens is 340 g/mol. The van der Waals surface area contributed by atoms with Gasteiger partial charge in [0.05, 0.1) is 13.2 Å². The number of ether oxygens (including phenoxy) is 2. The molecule has 0 radical (unpaired) electrons. The lowest BCUT2D eigenvalue weighted by atomic mass is 10.2. The number of hydrogen-bond acceptors (Lipinski definition) is 4. The number of rotatable bonds is 11. The minimum absolute atomic E-state index is 0.563. The second-order valence-corrected chi connectivity index (χ2v) is 7.11. The van der Waals surface area contributed by atoms with Gasteiger partial charge in [0.1, 0.15) is 12.4 Å². The molecule has 1 aliphatic rings. The van der Waals surface area contributed by atoms with Crippen LogP contribution in [-0.4, -0.2) is 63.9 Å². The normalized spacial score (nSPS) is 15.3. The van der Waals surface area contributed by atoms with E-state index < -0.39 is 0 Å². The van der Waals surface area contributed by atoms with Crippen LogP contribution in [-0.2, 0) is 11.3 Å². The molecule has 2 N–H and O–H groups in total. The molecule has 1 saturated carbocycles. The monoisotopic (exact) mass is 376 g/mol. The molecule has 6 heteroatoms. The molecule has 2 rings (SSSR count). The van der Waals surface area contributed by atoms with Crippen molar-refractivity contribution in [3.05, 3.63) is 29.8 Å². The minimum atomic E-state index is 0.563. The Labute approximate surface area is 164 Å². The SMILES string of the molecule is CCNC(=NCc1cccc(OCCN(C)CCOC)c1)NC1CCCC1. The van der Waals surface area contributed by atoms with Crippen LogP contribution in [0, 0.1) is 0 Å². The highest BCUT2D eigenvalue weighted by Gasteiger charge is 2.15. The Morgan fingerprint density at radius 2 is 2.00 bits per heavy atom. The molecule has 1 aliphatic carbocycles. The van der Waals surface area contributed by atoms with Crippen molar-refractivity contribution in [2.75, 3.05) is 47.0 Å². The molecule has 0 amide bonds. The van der Waals surface area contributed by atoms with Gasteiger partial charge < -0.3 is 25.0 Å². The fraction of sp³-hybridized carbons (Fsp3) is 0.667. The second-order valence-electron chi connectivity index (χ2n) is 7.11.